The van der Waals surface area contributed by atoms with Crippen LogP contribution in [0.25, 0.3) is 21.5 Å². The van der Waals surface area contributed by atoms with Crippen LogP contribution in [-0.4, -0.2) is 0 Å². The lowest BCUT2D eigenvalue weighted by atomic mass is 10.0. The molecule has 16 heavy (non-hydrogen) atoms. The molecule has 0 saturated carbocycles. The molecule has 2 heteroatoms. The molecule has 1 radical (unpaired) electrons. The fourth-order valence-corrected chi connectivity index (χ4v) is 2.41. The first kappa shape index (κ1) is 9.70. The Morgan fingerprint density at radius 1 is 0.750 bits per heavy atom. The molecular formula is C14H9OS. The largest absolute Gasteiger partial charge is 0.145 e. The maximum Gasteiger partial charge on any atom is 0.0702 e. The molecule has 0 aliphatic carbocycles. The maximum absolute atomic E-state index is 11.0. The van der Waals surface area contributed by atoms with Crippen LogP contribution in [-0.2, 0) is 4.55 Å². The van der Waals surface area contributed by atoms with Crippen molar-refractivity contribution in [1.82, 2.24) is 0 Å². The summed E-state index contributed by atoms with van der Waals surface area (Å²) < 4.78 is 11.0. The topological polar surface area (TPSA) is 19.9 Å². The van der Waals surface area contributed by atoms with Gasteiger partial charge < -0.3 is 0 Å². The van der Waals surface area contributed by atoms with Crippen LogP contribution in [0.4, 0.5) is 0 Å². The molecule has 3 rings (SSSR count). The molecule has 0 N–H and O–H groups in total. The van der Waals surface area contributed by atoms with Gasteiger partial charge in [-0.25, -0.2) is 0 Å². The van der Waals surface area contributed by atoms with E-state index in [0.29, 0.717) is 12.0 Å². The molecular weight excluding hydrogens is 216 g/mol. The second kappa shape index (κ2) is 3.81. The summed E-state index contributed by atoms with van der Waals surface area (Å²) in [6.07, 6.45) is 0. The van der Waals surface area contributed by atoms with Crippen molar-refractivity contribution in [1.29, 1.82) is 0 Å². The highest BCUT2D eigenvalue weighted by Crippen LogP contribution is 2.29. The van der Waals surface area contributed by atoms with Crippen LogP contribution in [0, 0.1) is 0 Å². The number of rotatable bonds is 1. The van der Waals surface area contributed by atoms with Crippen molar-refractivity contribution in [3.05, 3.63) is 54.6 Å². The summed E-state index contributed by atoms with van der Waals surface area (Å²) in [5, 5.41) is 4.56. The molecule has 0 aromatic heterocycles. The van der Waals surface area contributed by atoms with Gasteiger partial charge in [0.25, 0.3) is 0 Å². The number of hydrogen-bond donors (Lipinski definition) is 0. The van der Waals surface area contributed by atoms with E-state index in [1.165, 1.54) is 10.8 Å². The van der Waals surface area contributed by atoms with E-state index in [-0.39, 0.29) is 0 Å². The van der Waals surface area contributed by atoms with Gasteiger partial charge in [0, 0.05) is 4.90 Å². The van der Waals surface area contributed by atoms with E-state index in [1.807, 2.05) is 30.3 Å². The quantitative estimate of drug-likeness (QED) is 0.443. The van der Waals surface area contributed by atoms with E-state index in [4.69, 9.17) is 0 Å². The third kappa shape index (κ3) is 1.47. The van der Waals surface area contributed by atoms with Crippen molar-refractivity contribution in [2.45, 2.75) is 4.90 Å². The molecule has 3 aromatic carbocycles. The number of hydrogen-bond acceptors (Lipinski definition) is 1. The molecule has 0 bridgehead atoms. The van der Waals surface area contributed by atoms with Crippen LogP contribution >= 0.6 is 12.0 Å². The van der Waals surface area contributed by atoms with Gasteiger partial charge >= 0.3 is 0 Å². The van der Waals surface area contributed by atoms with Crippen molar-refractivity contribution in [2.75, 3.05) is 0 Å². The minimum absolute atomic E-state index is 0.557. The zero-order chi connectivity index (χ0) is 11.0. The van der Waals surface area contributed by atoms with Gasteiger partial charge in [-0.05, 0) is 39.7 Å². The summed E-state index contributed by atoms with van der Waals surface area (Å²) in [6.45, 7) is 0. The average molecular weight is 225 g/mol. The lowest BCUT2D eigenvalue weighted by molar-refractivity contribution is 0.532. The Bertz CT molecular complexity index is 661. The summed E-state index contributed by atoms with van der Waals surface area (Å²) in [5.41, 5.74) is 0. The fourth-order valence-electron chi connectivity index (χ4n) is 2.01. The molecule has 0 saturated heterocycles. The third-order valence-corrected chi connectivity index (χ3v) is 3.33. The van der Waals surface area contributed by atoms with Gasteiger partial charge in [-0.1, -0.05) is 36.4 Å². The van der Waals surface area contributed by atoms with E-state index in [1.54, 1.807) is 0 Å². The van der Waals surface area contributed by atoms with Crippen LogP contribution in [0.5, 0.6) is 0 Å². The highest BCUT2D eigenvalue weighted by molar-refractivity contribution is 7.93. The summed E-state index contributed by atoms with van der Waals surface area (Å²) in [6, 6.07) is 18.3. The van der Waals surface area contributed by atoms with Crippen LogP contribution in [0.2, 0.25) is 0 Å². The summed E-state index contributed by atoms with van der Waals surface area (Å²) in [5.74, 6) is 0. The Kier molecular flexibility index (Phi) is 2.31. The van der Waals surface area contributed by atoms with E-state index < -0.39 is 0 Å². The highest BCUT2D eigenvalue weighted by atomic mass is 32.2. The summed E-state index contributed by atoms with van der Waals surface area (Å²) in [7, 11) is 0. The maximum atomic E-state index is 11.0. The number of fused-ring (bicyclic) bond motifs is 2. The van der Waals surface area contributed by atoms with Crippen molar-refractivity contribution in [3.8, 4) is 0 Å². The second-order valence-electron chi connectivity index (χ2n) is 3.76. The van der Waals surface area contributed by atoms with Gasteiger partial charge in [0.1, 0.15) is 0 Å². The Morgan fingerprint density at radius 3 is 2.19 bits per heavy atom. The van der Waals surface area contributed by atoms with Crippen molar-refractivity contribution in [3.63, 3.8) is 0 Å². The van der Waals surface area contributed by atoms with E-state index in [2.05, 4.69) is 24.3 Å². The molecule has 0 aliphatic rings. The Labute approximate surface area is 97.9 Å². The molecule has 0 amide bonds. The van der Waals surface area contributed by atoms with Gasteiger partial charge in [-0.2, -0.15) is 0 Å². The number of benzene rings is 3. The first-order valence-corrected chi connectivity index (χ1v) is 5.84. The Balaban J connectivity index is 2.46. The summed E-state index contributed by atoms with van der Waals surface area (Å²) in [4.78, 5) is 0.795. The van der Waals surface area contributed by atoms with Crippen LogP contribution < -0.4 is 0 Å². The first-order chi connectivity index (χ1) is 7.88. The zero-order valence-corrected chi connectivity index (χ0v) is 9.33. The SMILES string of the molecule is [O]Sc1cccc2cc3ccccc3cc12. The smallest absolute Gasteiger partial charge is 0.0702 e. The molecule has 0 aliphatic heterocycles. The molecule has 0 unspecified atom stereocenters. The lowest BCUT2D eigenvalue weighted by Crippen LogP contribution is -1.78. The van der Waals surface area contributed by atoms with Crippen molar-refractivity contribution in [2.24, 2.45) is 0 Å². The molecule has 77 valence electrons. The average Bonchev–Trinajstić information content (AvgIpc) is 2.35. The Morgan fingerprint density at radius 2 is 1.44 bits per heavy atom. The van der Waals surface area contributed by atoms with Crippen LogP contribution in [0.15, 0.2) is 59.5 Å². The van der Waals surface area contributed by atoms with E-state index >= 15 is 0 Å². The van der Waals surface area contributed by atoms with Crippen LogP contribution in [0.1, 0.15) is 0 Å². The van der Waals surface area contributed by atoms with Gasteiger partial charge in [0.05, 0.1) is 12.0 Å². The fraction of sp³-hybridized carbons (Fsp3) is 0. The predicted octanol–water partition coefficient (Wildman–Crippen LogP) is 4.43. The highest BCUT2D eigenvalue weighted by Gasteiger charge is 2.02. The van der Waals surface area contributed by atoms with Crippen LogP contribution in [0.3, 0.4) is 0 Å². The van der Waals surface area contributed by atoms with Gasteiger partial charge in [-0.3, -0.25) is 0 Å². The minimum Gasteiger partial charge on any atom is -0.145 e. The second-order valence-corrected chi connectivity index (χ2v) is 4.37. The monoisotopic (exact) mass is 225 g/mol. The van der Waals surface area contributed by atoms with E-state index in [9.17, 15) is 4.55 Å². The molecule has 3 aromatic rings. The lowest BCUT2D eigenvalue weighted by Gasteiger charge is -2.04. The van der Waals surface area contributed by atoms with Gasteiger partial charge in [0.2, 0.25) is 0 Å². The normalized spacial score (nSPS) is 11.1. The molecule has 0 spiro atoms. The van der Waals surface area contributed by atoms with Gasteiger partial charge in [0.15, 0.2) is 0 Å². The molecule has 0 atom stereocenters. The zero-order valence-electron chi connectivity index (χ0n) is 8.51. The molecule has 0 heterocycles. The minimum atomic E-state index is 0.557. The van der Waals surface area contributed by atoms with Gasteiger partial charge in [-0.15, -0.1) is 4.55 Å². The summed E-state index contributed by atoms with van der Waals surface area (Å²) >= 11 is 0.557. The van der Waals surface area contributed by atoms with E-state index in [0.717, 1.165) is 15.7 Å². The first-order valence-electron chi connectivity index (χ1n) is 5.10. The molecule has 1 nitrogen and oxygen atoms in total. The third-order valence-electron chi connectivity index (χ3n) is 2.80. The molecule has 0 fully saturated rings. The van der Waals surface area contributed by atoms with Crippen molar-refractivity contribution >= 4 is 33.6 Å². The van der Waals surface area contributed by atoms with Crippen molar-refractivity contribution < 1.29 is 4.55 Å². The predicted molar refractivity (Wildman–Crippen MR) is 68.0 cm³/mol. The Hall–Kier alpha value is -1.51. The standard InChI is InChI=1S/C14H9OS/c15-16-14-7-3-6-12-8-10-4-1-2-5-11(10)9-13(12)14/h1-9H.